The average Bonchev–Trinajstić information content (AvgIpc) is 2.59. The van der Waals surface area contributed by atoms with Gasteiger partial charge in [-0.15, -0.1) is 0 Å². The summed E-state index contributed by atoms with van der Waals surface area (Å²) in [5.41, 5.74) is 5.88. The molecule has 1 aromatic carbocycles. The molecule has 3 unspecified atom stereocenters. The average molecular weight is 373 g/mol. The monoisotopic (exact) mass is 373 g/mol. The maximum absolute atomic E-state index is 12.8. The molecular weight excluding hydrogens is 347 g/mol. The summed E-state index contributed by atoms with van der Waals surface area (Å²) in [4.78, 5) is 14.1. The second-order valence-corrected chi connectivity index (χ2v) is 6.75. The molecule has 3 atom stereocenters. The van der Waals surface area contributed by atoms with Crippen molar-refractivity contribution in [3.8, 4) is 0 Å². The molecule has 0 saturated carbocycles. The molecule has 1 heterocycles. The number of likely N-dealkylation sites (tertiary alicyclic amines) is 1. The zero-order valence-electron chi connectivity index (χ0n) is 15.1. The first-order valence-corrected chi connectivity index (χ1v) is 8.63. The van der Waals surface area contributed by atoms with E-state index in [0.29, 0.717) is 6.54 Å². The second kappa shape index (κ2) is 8.83. The highest BCUT2D eigenvalue weighted by Gasteiger charge is 2.33. The summed E-state index contributed by atoms with van der Waals surface area (Å²) >= 11 is 0. The summed E-state index contributed by atoms with van der Waals surface area (Å²) in [6, 6.07) is 4.50. The van der Waals surface area contributed by atoms with Crippen molar-refractivity contribution in [1.82, 2.24) is 10.2 Å². The molecule has 2 rings (SSSR count). The molecule has 8 heteroatoms. The zero-order chi connectivity index (χ0) is 19.3. The van der Waals surface area contributed by atoms with E-state index in [0.717, 1.165) is 37.1 Å². The Balaban J connectivity index is 2.09. The maximum atomic E-state index is 12.8. The van der Waals surface area contributed by atoms with Gasteiger partial charge < -0.3 is 15.8 Å². The van der Waals surface area contributed by atoms with Gasteiger partial charge >= 0.3 is 6.18 Å². The highest BCUT2D eigenvalue weighted by atomic mass is 19.4. The summed E-state index contributed by atoms with van der Waals surface area (Å²) < 4.78 is 43.2. The summed E-state index contributed by atoms with van der Waals surface area (Å²) in [7, 11) is 3.43. The van der Waals surface area contributed by atoms with E-state index in [-0.39, 0.29) is 24.5 Å². The SMILES string of the molecule is COCC(N)C(=O)NCC1CCCN(C)C1c1ccc(C(F)(F)F)cc1. The fourth-order valence-electron chi connectivity index (χ4n) is 3.49. The number of amides is 1. The Morgan fingerprint density at radius 2 is 2.04 bits per heavy atom. The number of hydrogen-bond acceptors (Lipinski definition) is 4. The summed E-state index contributed by atoms with van der Waals surface area (Å²) in [6.07, 6.45) is -2.49. The fraction of sp³-hybridized carbons (Fsp3) is 0.611. The lowest BCUT2D eigenvalue weighted by Gasteiger charge is -2.40. The Morgan fingerprint density at radius 3 is 2.62 bits per heavy atom. The van der Waals surface area contributed by atoms with Gasteiger partial charge in [0, 0.05) is 19.7 Å². The number of piperidine rings is 1. The van der Waals surface area contributed by atoms with Crippen LogP contribution >= 0.6 is 0 Å². The van der Waals surface area contributed by atoms with E-state index in [4.69, 9.17) is 10.5 Å². The fourth-order valence-corrected chi connectivity index (χ4v) is 3.49. The van der Waals surface area contributed by atoms with E-state index in [9.17, 15) is 18.0 Å². The quantitative estimate of drug-likeness (QED) is 0.802. The Kier molecular flexibility index (Phi) is 7.02. The first-order valence-electron chi connectivity index (χ1n) is 8.63. The predicted octanol–water partition coefficient (Wildman–Crippen LogP) is 2.18. The smallest absolute Gasteiger partial charge is 0.383 e. The number of hydrogen-bond donors (Lipinski definition) is 2. The number of ether oxygens (including phenoxy) is 1. The van der Waals surface area contributed by atoms with Crippen LogP contribution in [-0.4, -0.2) is 50.7 Å². The molecule has 1 amide bonds. The Morgan fingerprint density at radius 1 is 1.38 bits per heavy atom. The highest BCUT2D eigenvalue weighted by molar-refractivity contribution is 5.81. The Hall–Kier alpha value is -1.64. The van der Waals surface area contributed by atoms with E-state index in [1.165, 1.54) is 19.2 Å². The molecule has 26 heavy (non-hydrogen) atoms. The van der Waals surface area contributed by atoms with Crippen LogP contribution in [-0.2, 0) is 15.7 Å². The van der Waals surface area contributed by atoms with Crippen LogP contribution in [0.2, 0.25) is 0 Å². The van der Waals surface area contributed by atoms with Crippen molar-refractivity contribution in [1.29, 1.82) is 0 Å². The molecule has 0 radical (unpaired) electrons. The van der Waals surface area contributed by atoms with Crippen molar-refractivity contribution >= 4 is 5.91 Å². The number of carbonyl (C=O) groups is 1. The largest absolute Gasteiger partial charge is 0.416 e. The summed E-state index contributed by atoms with van der Waals surface area (Å²) in [5, 5.41) is 2.84. The van der Waals surface area contributed by atoms with Crippen molar-refractivity contribution in [3.63, 3.8) is 0 Å². The first kappa shape index (κ1) is 20.7. The number of nitrogens with one attached hydrogen (secondary N) is 1. The van der Waals surface area contributed by atoms with Gasteiger partial charge in [-0.2, -0.15) is 13.2 Å². The van der Waals surface area contributed by atoms with E-state index in [1.807, 2.05) is 7.05 Å². The van der Waals surface area contributed by atoms with E-state index >= 15 is 0 Å². The van der Waals surface area contributed by atoms with Crippen LogP contribution < -0.4 is 11.1 Å². The number of methoxy groups -OCH3 is 1. The summed E-state index contributed by atoms with van der Waals surface area (Å²) in [5.74, 6) is -0.185. The first-order chi connectivity index (χ1) is 12.2. The van der Waals surface area contributed by atoms with Crippen LogP contribution in [0.25, 0.3) is 0 Å². The van der Waals surface area contributed by atoms with Crippen molar-refractivity contribution in [3.05, 3.63) is 35.4 Å². The van der Waals surface area contributed by atoms with Gasteiger partial charge in [0.2, 0.25) is 5.91 Å². The lowest BCUT2D eigenvalue weighted by molar-refractivity contribution is -0.137. The van der Waals surface area contributed by atoms with Gasteiger partial charge in [0.05, 0.1) is 12.2 Å². The van der Waals surface area contributed by atoms with Crippen LogP contribution in [0.15, 0.2) is 24.3 Å². The second-order valence-electron chi connectivity index (χ2n) is 6.75. The molecule has 0 bridgehead atoms. The molecule has 1 saturated heterocycles. The maximum Gasteiger partial charge on any atom is 0.416 e. The lowest BCUT2D eigenvalue weighted by Crippen LogP contribution is -2.47. The molecule has 1 aliphatic rings. The molecule has 1 aromatic rings. The van der Waals surface area contributed by atoms with E-state index in [1.54, 1.807) is 0 Å². The lowest BCUT2D eigenvalue weighted by atomic mass is 9.84. The molecule has 146 valence electrons. The van der Waals surface area contributed by atoms with Crippen LogP contribution in [0.3, 0.4) is 0 Å². The van der Waals surface area contributed by atoms with Gasteiger partial charge in [0.25, 0.3) is 0 Å². The zero-order valence-corrected chi connectivity index (χ0v) is 15.1. The van der Waals surface area contributed by atoms with Crippen LogP contribution in [0.1, 0.15) is 30.0 Å². The van der Waals surface area contributed by atoms with Gasteiger partial charge in [0.1, 0.15) is 6.04 Å². The Bertz CT molecular complexity index is 592. The highest BCUT2D eigenvalue weighted by Crippen LogP contribution is 2.36. The molecule has 0 spiro atoms. The molecule has 0 aliphatic carbocycles. The number of carbonyl (C=O) groups excluding carboxylic acids is 1. The number of nitrogens with two attached hydrogens (primary N) is 1. The van der Waals surface area contributed by atoms with E-state index < -0.39 is 17.8 Å². The minimum atomic E-state index is -4.35. The van der Waals surface area contributed by atoms with Crippen molar-refractivity contribution in [2.75, 3.05) is 33.9 Å². The number of rotatable bonds is 6. The molecule has 0 aromatic heterocycles. The third-order valence-electron chi connectivity index (χ3n) is 4.81. The normalized spacial score (nSPS) is 22.8. The minimum Gasteiger partial charge on any atom is -0.383 e. The molecular formula is C18H26F3N3O2. The number of halogens is 3. The molecule has 3 N–H and O–H groups in total. The Labute approximate surface area is 151 Å². The van der Waals surface area contributed by atoms with E-state index in [2.05, 4.69) is 10.2 Å². The van der Waals surface area contributed by atoms with Crippen molar-refractivity contribution in [2.24, 2.45) is 11.7 Å². The van der Waals surface area contributed by atoms with Crippen molar-refractivity contribution < 1.29 is 22.7 Å². The van der Waals surface area contributed by atoms with Crippen LogP contribution in [0, 0.1) is 5.92 Å². The number of benzene rings is 1. The third-order valence-corrected chi connectivity index (χ3v) is 4.81. The molecule has 1 fully saturated rings. The molecule has 5 nitrogen and oxygen atoms in total. The standard InChI is InChI=1S/C18H26F3N3O2/c1-24-9-3-4-13(10-23-17(25)15(22)11-26-2)16(24)12-5-7-14(8-6-12)18(19,20)21/h5-8,13,15-16H,3-4,9-11,22H2,1-2H3,(H,23,25). The minimum absolute atomic E-state index is 0.0509. The molecule has 1 aliphatic heterocycles. The third kappa shape index (κ3) is 5.18. The van der Waals surface area contributed by atoms with Gasteiger partial charge in [-0.1, -0.05) is 12.1 Å². The van der Waals surface area contributed by atoms with Gasteiger partial charge in [-0.05, 0) is 50.0 Å². The number of alkyl halides is 3. The number of nitrogens with zero attached hydrogens (tertiary/aromatic N) is 1. The topological polar surface area (TPSA) is 67.6 Å². The van der Waals surface area contributed by atoms with Crippen molar-refractivity contribution in [2.45, 2.75) is 31.1 Å². The van der Waals surface area contributed by atoms with Crippen LogP contribution in [0.4, 0.5) is 13.2 Å². The van der Waals surface area contributed by atoms with Gasteiger partial charge in [-0.3, -0.25) is 9.69 Å². The summed E-state index contributed by atoms with van der Waals surface area (Å²) in [6.45, 7) is 1.42. The van der Waals surface area contributed by atoms with Crippen LogP contribution in [0.5, 0.6) is 0 Å². The van der Waals surface area contributed by atoms with Gasteiger partial charge in [0.15, 0.2) is 0 Å². The predicted molar refractivity (Wildman–Crippen MR) is 92.4 cm³/mol. The van der Waals surface area contributed by atoms with Gasteiger partial charge in [-0.25, -0.2) is 0 Å².